The van der Waals surface area contributed by atoms with Gasteiger partial charge in [-0.2, -0.15) is 0 Å². The third kappa shape index (κ3) is 7.23. The predicted octanol–water partition coefficient (Wildman–Crippen LogP) is 0.982. The van der Waals surface area contributed by atoms with E-state index < -0.39 is 5.97 Å². The van der Waals surface area contributed by atoms with E-state index in [4.69, 9.17) is 9.84 Å². The number of carboxylic acids is 1. The van der Waals surface area contributed by atoms with Crippen molar-refractivity contribution in [3.05, 3.63) is 0 Å². The smallest absolute Gasteiger partial charge is 0.305 e. The second kappa shape index (κ2) is 8.10. The number of rotatable bonds is 8. The van der Waals surface area contributed by atoms with Crippen LogP contribution in [0.5, 0.6) is 0 Å². The molecule has 0 saturated carbocycles. The van der Waals surface area contributed by atoms with Crippen LogP contribution in [0.1, 0.15) is 26.7 Å². The fraction of sp³-hybridized carbons (Fsp3) is 0.818. The molecule has 0 aromatic heterocycles. The van der Waals surface area contributed by atoms with E-state index in [1.807, 2.05) is 13.8 Å². The molecule has 5 heteroatoms. The zero-order valence-electron chi connectivity index (χ0n) is 10.2. The highest BCUT2D eigenvalue weighted by molar-refractivity contribution is 5.77. The summed E-state index contributed by atoms with van der Waals surface area (Å²) in [5.74, 6) is -0.615. The largest absolute Gasteiger partial charge is 0.481 e. The van der Waals surface area contributed by atoms with Crippen molar-refractivity contribution in [1.82, 2.24) is 4.90 Å². The van der Waals surface area contributed by atoms with Gasteiger partial charge in [-0.3, -0.25) is 9.59 Å². The molecule has 0 rings (SSSR count). The highest BCUT2D eigenvalue weighted by Crippen LogP contribution is 2.05. The SMILES string of the molecule is COCCN(CCC(=O)O)C(=O)CC(C)C. The van der Waals surface area contributed by atoms with Gasteiger partial charge in [0.15, 0.2) is 0 Å². The van der Waals surface area contributed by atoms with Crippen LogP contribution in [0.15, 0.2) is 0 Å². The Kier molecular flexibility index (Phi) is 7.54. The normalized spacial score (nSPS) is 10.5. The first-order chi connectivity index (χ1) is 7.47. The van der Waals surface area contributed by atoms with Gasteiger partial charge in [0.05, 0.1) is 13.0 Å². The minimum atomic E-state index is -0.889. The van der Waals surface area contributed by atoms with Crippen molar-refractivity contribution in [3.8, 4) is 0 Å². The van der Waals surface area contributed by atoms with Crippen LogP contribution in [-0.2, 0) is 14.3 Å². The molecule has 1 amide bonds. The number of amides is 1. The van der Waals surface area contributed by atoms with Gasteiger partial charge in [-0.05, 0) is 5.92 Å². The van der Waals surface area contributed by atoms with Crippen LogP contribution >= 0.6 is 0 Å². The Bertz CT molecular complexity index is 228. The standard InChI is InChI=1S/C11H21NO4/c1-9(2)8-10(13)12(6-7-16-3)5-4-11(14)15/h9H,4-8H2,1-3H3,(H,14,15). The van der Waals surface area contributed by atoms with Crippen molar-refractivity contribution in [2.45, 2.75) is 26.7 Å². The summed E-state index contributed by atoms with van der Waals surface area (Å²) in [6.45, 7) is 5.07. The second-order valence-electron chi connectivity index (χ2n) is 4.12. The van der Waals surface area contributed by atoms with E-state index in [-0.39, 0.29) is 24.8 Å². The average molecular weight is 231 g/mol. The maximum Gasteiger partial charge on any atom is 0.305 e. The molecule has 0 aliphatic carbocycles. The molecular weight excluding hydrogens is 210 g/mol. The zero-order valence-corrected chi connectivity index (χ0v) is 10.2. The summed E-state index contributed by atoms with van der Waals surface area (Å²) < 4.78 is 4.89. The van der Waals surface area contributed by atoms with Crippen molar-refractivity contribution in [2.75, 3.05) is 26.8 Å². The first-order valence-electron chi connectivity index (χ1n) is 5.45. The van der Waals surface area contributed by atoms with Gasteiger partial charge >= 0.3 is 5.97 Å². The van der Waals surface area contributed by atoms with Gasteiger partial charge in [0.2, 0.25) is 5.91 Å². The molecule has 0 aliphatic rings. The summed E-state index contributed by atoms with van der Waals surface area (Å²) in [4.78, 5) is 23.8. The van der Waals surface area contributed by atoms with Crippen molar-refractivity contribution in [2.24, 2.45) is 5.92 Å². The summed E-state index contributed by atoms with van der Waals surface area (Å²) >= 11 is 0. The van der Waals surface area contributed by atoms with Crippen LogP contribution in [0.3, 0.4) is 0 Å². The number of nitrogens with zero attached hydrogens (tertiary/aromatic N) is 1. The number of carbonyl (C=O) groups is 2. The predicted molar refractivity (Wildman–Crippen MR) is 60.2 cm³/mol. The molecule has 0 saturated heterocycles. The Hall–Kier alpha value is -1.10. The first-order valence-corrected chi connectivity index (χ1v) is 5.45. The van der Waals surface area contributed by atoms with Crippen LogP contribution < -0.4 is 0 Å². The highest BCUT2D eigenvalue weighted by atomic mass is 16.5. The maximum absolute atomic E-state index is 11.7. The van der Waals surface area contributed by atoms with E-state index in [9.17, 15) is 9.59 Å². The van der Waals surface area contributed by atoms with Gasteiger partial charge in [-0.15, -0.1) is 0 Å². The van der Waals surface area contributed by atoms with Gasteiger partial charge in [-0.1, -0.05) is 13.8 Å². The zero-order chi connectivity index (χ0) is 12.6. The molecule has 0 aliphatic heterocycles. The molecule has 1 N–H and O–H groups in total. The van der Waals surface area contributed by atoms with E-state index >= 15 is 0 Å². The summed E-state index contributed by atoms with van der Waals surface area (Å²) in [7, 11) is 1.56. The third-order valence-electron chi connectivity index (χ3n) is 2.10. The summed E-state index contributed by atoms with van der Waals surface area (Å²) in [6, 6.07) is 0. The molecule has 0 heterocycles. The number of aliphatic carboxylic acids is 1. The molecular formula is C11H21NO4. The van der Waals surface area contributed by atoms with E-state index in [1.165, 1.54) is 0 Å². The second-order valence-corrected chi connectivity index (χ2v) is 4.12. The lowest BCUT2D eigenvalue weighted by Gasteiger charge is -2.22. The van der Waals surface area contributed by atoms with Gasteiger partial charge in [0.1, 0.15) is 0 Å². The number of hydrogen-bond donors (Lipinski definition) is 1. The van der Waals surface area contributed by atoms with Crippen LogP contribution in [0, 0.1) is 5.92 Å². The van der Waals surface area contributed by atoms with Crippen molar-refractivity contribution in [1.29, 1.82) is 0 Å². The van der Waals surface area contributed by atoms with Crippen LogP contribution in [-0.4, -0.2) is 48.7 Å². The number of hydrogen-bond acceptors (Lipinski definition) is 3. The average Bonchev–Trinajstić information content (AvgIpc) is 2.16. The monoisotopic (exact) mass is 231 g/mol. The molecule has 0 spiro atoms. The van der Waals surface area contributed by atoms with E-state index in [0.717, 1.165) is 0 Å². The van der Waals surface area contributed by atoms with Crippen LogP contribution in [0.2, 0.25) is 0 Å². The van der Waals surface area contributed by atoms with Gasteiger partial charge in [0.25, 0.3) is 0 Å². The lowest BCUT2D eigenvalue weighted by Crippen LogP contribution is -2.36. The Morgan fingerprint density at radius 3 is 2.38 bits per heavy atom. The number of methoxy groups -OCH3 is 1. The summed E-state index contributed by atoms with van der Waals surface area (Å²) in [6.07, 6.45) is 0.427. The molecule has 5 nitrogen and oxygen atoms in total. The molecule has 0 unspecified atom stereocenters. The lowest BCUT2D eigenvalue weighted by atomic mass is 10.1. The summed E-state index contributed by atoms with van der Waals surface area (Å²) in [5, 5.41) is 8.58. The Balaban J connectivity index is 4.17. The van der Waals surface area contributed by atoms with Crippen LogP contribution in [0.25, 0.3) is 0 Å². The van der Waals surface area contributed by atoms with E-state index in [0.29, 0.717) is 19.6 Å². The summed E-state index contributed by atoms with van der Waals surface area (Å²) in [5.41, 5.74) is 0. The molecule has 16 heavy (non-hydrogen) atoms. The number of carboxylic acid groups (broad SMARTS) is 1. The Labute approximate surface area is 96.4 Å². The van der Waals surface area contributed by atoms with Crippen molar-refractivity contribution >= 4 is 11.9 Å². The molecule has 0 aromatic carbocycles. The molecule has 94 valence electrons. The third-order valence-corrected chi connectivity index (χ3v) is 2.10. The fourth-order valence-corrected chi connectivity index (χ4v) is 1.27. The minimum absolute atomic E-state index is 0.00620. The van der Waals surface area contributed by atoms with Gasteiger partial charge < -0.3 is 14.7 Å². The van der Waals surface area contributed by atoms with Crippen molar-refractivity contribution < 1.29 is 19.4 Å². The molecule has 0 radical (unpaired) electrons. The van der Waals surface area contributed by atoms with Gasteiger partial charge in [-0.25, -0.2) is 0 Å². The quantitative estimate of drug-likeness (QED) is 0.676. The molecule has 0 fully saturated rings. The lowest BCUT2D eigenvalue weighted by molar-refractivity contribution is -0.138. The Morgan fingerprint density at radius 2 is 1.94 bits per heavy atom. The fourth-order valence-electron chi connectivity index (χ4n) is 1.27. The molecule has 0 aromatic rings. The minimum Gasteiger partial charge on any atom is -0.481 e. The molecule has 0 bridgehead atoms. The first kappa shape index (κ1) is 14.9. The van der Waals surface area contributed by atoms with Crippen LogP contribution in [0.4, 0.5) is 0 Å². The van der Waals surface area contributed by atoms with Crippen molar-refractivity contribution in [3.63, 3.8) is 0 Å². The van der Waals surface area contributed by atoms with E-state index in [1.54, 1.807) is 12.0 Å². The van der Waals surface area contributed by atoms with Gasteiger partial charge in [0, 0.05) is 26.6 Å². The molecule has 0 atom stereocenters. The number of ether oxygens (including phenoxy) is 1. The topological polar surface area (TPSA) is 66.8 Å². The highest BCUT2D eigenvalue weighted by Gasteiger charge is 2.15. The van der Waals surface area contributed by atoms with E-state index in [2.05, 4.69) is 0 Å². The maximum atomic E-state index is 11.7. The number of carbonyl (C=O) groups excluding carboxylic acids is 1. The Morgan fingerprint density at radius 1 is 1.31 bits per heavy atom.